The Hall–Kier alpha value is -1.74. The molecule has 0 bridgehead atoms. The lowest BCUT2D eigenvalue weighted by molar-refractivity contribution is 0.391. The van der Waals surface area contributed by atoms with E-state index < -0.39 is 0 Å². The first-order valence-corrected chi connectivity index (χ1v) is 6.83. The van der Waals surface area contributed by atoms with Crippen LogP contribution < -0.4 is 0 Å². The van der Waals surface area contributed by atoms with Gasteiger partial charge in [0.2, 0.25) is 0 Å². The van der Waals surface area contributed by atoms with E-state index in [0.717, 1.165) is 17.2 Å². The fourth-order valence-corrected chi connectivity index (χ4v) is 2.72. The van der Waals surface area contributed by atoms with Gasteiger partial charge >= 0.3 is 0 Å². The summed E-state index contributed by atoms with van der Waals surface area (Å²) >= 11 is 1.77. The summed E-state index contributed by atoms with van der Waals surface area (Å²) < 4.78 is 5.20. The maximum Gasteiger partial charge on any atom is 0.147 e. The Kier molecular flexibility index (Phi) is 3.07. The molecule has 0 aliphatic rings. The smallest absolute Gasteiger partial charge is 0.147 e. The minimum atomic E-state index is 0.819. The lowest BCUT2D eigenvalue weighted by Crippen LogP contribution is -1.78. The van der Waals surface area contributed by atoms with Crippen LogP contribution in [-0.4, -0.2) is 5.16 Å². The second-order valence-corrected chi connectivity index (χ2v) is 5.28. The molecule has 0 fully saturated rings. The van der Waals surface area contributed by atoms with Gasteiger partial charge in [0.15, 0.2) is 0 Å². The number of hydrogen-bond donors (Lipinski definition) is 0. The molecule has 18 heavy (non-hydrogen) atoms. The van der Waals surface area contributed by atoms with Crippen LogP contribution in [0.2, 0.25) is 0 Å². The summed E-state index contributed by atoms with van der Waals surface area (Å²) in [6, 6.07) is 16.9. The van der Waals surface area contributed by atoms with Crippen molar-refractivity contribution >= 4 is 22.5 Å². The van der Waals surface area contributed by atoms with Crippen molar-refractivity contribution in [3.8, 4) is 0 Å². The predicted molar refractivity (Wildman–Crippen MR) is 74.7 cm³/mol. The quantitative estimate of drug-likeness (QED) is 0.648. The van der Waals surface area contributed by atoms with Gasteiger partial charge < -0.3 is 4.52 Å². The summed E-state index contributed by atoms with van der Waals surface area (Å²) in [6.07, 6.45) is 0. The highest BCUT2D eigenvalue weighted by atomic mass is 32.2. The Morgan fingerprint density at radius 1 is 1.06 bits per heavy atom. The Bertz CT molecular complexity index is 675. The average Bonchev–Trinajstić information content (AvgIpc) is 2.82. The number of thioether (sulfide) groups is 1. The highest BCUT2D eigenvalue weighted by Crippen LogP contribution is 2.26. The van der Waals surface area contributed by atoms with Crippen LogP contribution in [0.15, 0.2) is 57.9 Å². The second-order valence-electron chi connectivity index (χ2n) is 4.23. The summed E-state index contributed by atoms with van der Waals surface area (Å²) in [5.74, 6) is 1.74. The summed E-state index contributed by atoms with van der Waals surface area (Å²) in [6.45, 7) is 1.94. The Labute approximate surface area is 110 Å². The summed E-state index contributed by atoms with van der Waals surface area (Å²) in [7, 11) is 0. The first-order chi connectivity index (χ1) is 8.81. The second kappa shape index (κ2) is 4.86. The average molecular weight is 255 g/mol. The van der Waals surface area contributed by atoms with Crippen LogP contribution >= 0.6 is 11.8 Å². The highest BCUT2D eigenvalue weighted by molar-refractivity contribution is 7.98. The minimum absolute atomic E-state index is 0.819. The van der Waals surface area contributed by atoms with E-state index >= 15 is 0 Å². The number of aryl methyl sites for hydroxylation is 1. The highest BCUT2D eigenvalue weighted by Gasteiger charge is 2.02. The van der Waals surface area contributed by atoms with Crippen molar-refractivity contribution in [3.05, 3.63) is 60.0 Å². The van der Waals surface area contributed by atoms with Gasteiger partial charge in [-0.1, -0.05) is 35.5 Å². The molecule has 0 unspecified atom stereocenters. The first-order valence-electron chi connectivity index (χ1n) is 5.85. The van der Waals surface area contributed by atoms with E-state index in [9.17, 15) is 0 Å². The zero-order chi connectivity index (χ0) is 12.4. The summed E-state index contributed by atoms with van der Waals surface area (Å²) in [5, 5.41) is 6.44. The van der Waals surface area contributed by atoms with Gasteiger partial charge in [-0.3, -0.25) is 0 Å². The van der Waals surface area contributed by atoms with Gasteiger partial charge in [0.1, 0.15) is 5.76 Å². The molecule has 3 aromatic rings. The molecule has 3 rings (SSSR count). The Morgan fingerprint density at radius 3 is 2.67 bits per heavy atom. The number of hydrogen-bond acceptors (Lipinski definition) is 3. The van der Waals surface area contributed by atoms with Crippen molar-refractivity contribution in [3.63, 3.8) is 0 Å². The predicted octanol–water partition coefficient (Wildman–Crippen LogP) is 4.43. The Morgan fingerprint density at radius 2 is 1.89 bits per heavy atom. The van der Waals surface area contributed by atoms with E-state index in [-0.39, 0.29) is 0 Å². The van der Waals surface area contributed by atoms with E-state index in [1.54, 1.807) is 11.8 Å². The van der Waals surface area contributed by atoms with Crippen LogP contribution in [0.3, 0.4) is 0 Å². The van der Waals surface area contributed by atoms with Crippen LogP contribution in [-0.2, 0) is 5.75 Å². The van der Waals surface area contributed by atoms with Gasteiger partial charge in [0.05, 0.1) is 11.4 Å². The molecule has 0 aliphatic heterocycles. The molecular formula is C15H13NOS. The topological polar surface area (TPSA) is 26.0 Å². The number of rotatable bonds is 3. The van der Waals surface area contributed by atoms with E-state index in [2.05, 4.69) is 47.6 Å². The van der Waals surface area contributed by atoms with Crippen molar-refractivity contribution in [1.29, 1.82) is 0 Å². The monoisotopic (exact) mass is 255 g/mol. The van der Waals surface area contributed by atoms with Gasteiger partial charge in [-0.15, -0.1) is 11.8 Å². The SMILES string of the molecule is Cc1cc(CSc2ccc3ccccc3c2)on1. The molecule has 0 amide bonds. The van der Waals surface area contributed by atoms with Crippen molar-refractivity contribution in [2.75, 3.05) is 0 Å². The normalized spacial score (nSPS) is 10.9. The molecule has 0 spiro atoms. The number of nitrogens with zero attached hydrogens (tertiary/aromatic N) is 1. The maximum absolute atomic E-state index is 5.20. The molecule has 3 heteroatoms. The van der Waals surface area contributed by atoms with Gasteiger partial charge in [0, 0.05) is 11.0 Å². The summed E-state index contributed by atoms with van der Waals surface area (Å²) in [4.78, 5) is 1.25. The lowest BCUT2D eigenvalue weighted by Gasteiger charge is -2.02. The number of fused-ring (bicyclic) bond motifs is 1. The molecule has 0 saturated carbocycles. The molecule has 2 nitrogen and oxygen atoms in total. The van der Waals surface area contributed by atoms with Crippen molar-refractivity contribution < 1.29 is 4.52 Å². The fraction of sp³-hybridized carbons (Fsp3) is 0.133. The fourth-order valence-electron chi connectivity index (χ4n) is 1.90. The third-order valence-corrected chi connectivity index (χ3v) is 3.79. The number of aromatic nitrogens is 1. The van der Waals surface area contributed by atoms with E-state index in [1.807, 2.05) is 13.0 Å². The van der Waals surface area contributed by atoms with E-state index in [1.165, 1.54) is 15.7 Å². The van der Waals surface area contributed by atoms with Crippen molar-refractivity contribution in [2.45, 2.75) is 17.6 Å². The molecule has 0 aliphatic carbocycles. The van der Waals surface area contributed by atoms with Gasteiger partial charge in [-0.25, -0.2) is 0 Å². The molecule has 0 atom stereocenters. The van der Waals surface area contributed by atoms with Crippen LogP contribution in [0.25, 0.3) is 10.8 Å². The molecule has 90 valence electrons. The van der Waals surface area contributed by atoms with Crippen molar-refractivity contribution in [2.24, 2.45) is 0 Å². The molecule has 1 aromatic heterocycles. The van der Waals surface area contributed by atoms with Gasteiger partial charge in [0.25, 0.3) is 0 Å². The third-order valence-electron chi connectivity index (χ3n) is 2.78. The summed E-state index contributed by atoms with van der Waals surface area (Å²) in [5.41, 5.74) is 0.934. The molecular weight excluding hydrogens is 242 g/mol. The van der Waals surface area contributed by atoms with Crippen LogP contribution in [0.4, 0.5) is 0 Å². The van der Waals surface area contributed by atoms with E-state index in [0.29, 0.717) is 0 Å². The van der Waals surface area contributed by atoms with E-state index in [4.69, 9.17) is 4.52 Å². The van der Waals surface area contributed by atoms with Crippen molar-refractivity contribution in [1.82, 2.24) is 5.16 Å². The molecule has 2 aromatic carbocycles. The molecule has 0 N–H and O–H groups in total. The zero-order valence-corrected chi connectivity index (χ0v) is 10.9. The van der Waals surface area contributed by atoms with Gasteiger partial charge in [-0.2, -0.15) is 0 Å². The van der Waals surface area contributed by atoms with Crippen LogP contribution in [0.5, 0.6) is 0 Å². The molecule has 0 saturated heterocycles. The molecule has 1 heterocycles. The first kappa shape index (κ1) is 11.4. The van der Waals surface area contributed by atoms with Gasteiger partial charge in [-0.05, 0) is 29.8 Å². The van der Waals surface area contributed by atoms with Crippen LogP contribution in [0.1, 0.15) is 11.5 Å². The minimum Gasteiger partial charge on any atom is -0.360 e. The Balaban J connectivity index is 1.78. The van der Waals surface area contributed by atoms with Crippen LogP contribution in [0, 0.1) is 6.92 Å². The lowest BCUT2D eigenvalue weighted by atomic mass is 10.1. The number of benzene rings is 2. The largest absolute Gasteiger partial charge is 0.360 e. The third kappa shape index (κ3) is 2.41. The standard InChI is InChI=1S/C15H13NOS/c1-11-8-14(17-16-11)10-18-15-7-6-12-4-2-3-5-13(12)9-15/h2-9H,10H2,1H3. The zero-order valence-electron chi connectivity index (χ0n) is 10.1. The molecule has 0 radical (unpaired) electrons. The maximum atomic E-state index is 5.20.